The molecular formula is C23H26ClN3O3. The number of aromatic nitrogens is 1. The zero-order valence-corrected chi connectivity index (χ0v) is 17.8. The number of hydrogen-bond acceptors (Lipinski definition) is 5. The summed E-state index contributed by atoms with van der Waals surface area (Å²) in [4.78, 5) is 19.5. The standard InChI is InChI=1S/C23H26ClN3O3/c1-23(13-28)11-18-16(2-3-26-19(18)12-23)17-10-15(24)8-14-9-20(30-21(14)17)22(29)27-6-4-25-5-7-27/h2-3,8,10,20,25,28H,4-7,9,11-13H2,1H3. The minimum atomic E-state index is -0.507. The molecule has 2 aliphatic heterocycles. The number of nitrogens with one attached hydrogen (secondary N) is 1. The number of carbonyl (C=O) groups excluding carboxylic acids is 1. The SMILES string of the molecule is CC1(CO)Cc2nccc(-c3cc(Cl)cc4c3OC(C(=O)N3CCNCC3)C4)c2C1. The highest BCUT2D eigenvalue weighted by Gasteiger charge is 2.38. The number of amides is 1. The van der Waals surface area contributed by atoms with Crippen molar-refractivity contribution in [3.8, 4) is 16.9 Å². The van der Waals surface area contributed by atoms with Gasteiger partial charge in [-0.2, -0.15) is 0 Å². The van der Waals surface area contributed by atoms with E-state index in [1.54, 1.807) is 0 Å². The smallest absolute Gasteiger partial charge is 0.264 e. The number of halogens is 1. The summed E-state index contributed by atoms with van der Waals surface area (Å²) in [5.41, 5.74) is 4.87. The van der Waals surface area contributed by atoms with Gasteiger partial charge in [-0.25, -0.2) is 0 Å². The lowest BCUT2D eigenvalue weighted by Crippen LogP contribution is -2.50. The molecule has 1 aromatic carbocycles. The van der Waals surface area contributed by atoms with Crippen molar-refractivity contribution in [3.05, 3.63) is 46.2 Å². The number of hydrogen-bond donors (Lipinski definition) is 2. The van der Waals surface area contributed by atoms with Crippen molar-refractivity contribution in [3.63, 3.8) is 0 Å². The van der Waals surface area contributed by atoms with E-state index in [9.17, 15) is 9.90 Å². The van der Waals surface area contributed by atoms with Gasteiger partial charge in [-0.15, -0.1) is 0 Å². The van der Waals surface area contributed by atoms with Gasteiger partial charge in [-0.3, -0.25) is 9.78 Å². The van der Waals surface area contributed by atoms with Crippen molar-refractivity contribution in [1.82, 2.24) is 15.2 Å². The second-order valence-corrected chi connectivity index (χ2v) is 9.37. The Morgan fingerprint density at radius 1 is 1.33 bits per heavy atom. The average molecular weight is 428 g/mol. The van der Waals surface area contributed by atoms with Crippen molar-refractivity contribution in [2.24, 2.45) is 5.41 Å². The van der Waals surface area contributed by atoms with Gasteiger partial charge < -0.3 is 20.1 Å². The fourth-order valence-corrected chi connectivity index (χ4v) is 5.13. The van der Waals surface area contributed by atoms with Crippen molar-refractivity contribution in [2.75, 3.05) is 32.8 Å². The zero-order chi connectivity index (χ0) is 20.9. The molecule has 2 N–H and O–H groups in total. The van der Waals surface area contributed by atoms with Crippen LogP contribution in [0.25, 0.3) is 11.1 Å². The van der Waals surface area contributed by atoms with E-state index in [-0.39, 0.29) is 17.9 Å². The Kier molecular flexibility index (Phi) is 4.96. The molecule has 1 aliphatic carbocycles. The van der Waals surface area contributed by atoms with E-state index in [0.29, 0.717) is 24.5 Å². The van der Waals surface area contributed by atoms with Gasteiger partial charge in [0.25, 0.3) is 5.91 Å². The number of fused-ring (bicyclic) bond motifs is 2. The number of nitrogens with zero attached hydrogens (tertiary/aromatic N) is 2. The van der Waals surface area contributed by atoms with Crippen LogP contribution in [0.3, 0.4) is 0 Å². The Hall–Kier alpha value is -2.15. The third-order valence-electron chi connectivity index (χ3n) is 6.51. The van der Waals surface area contributed by atoms with E-state index in [1.807, 2.05) is 29.3 Å². The summed E-state index contributed by atoms with van der Waals surface area (Å²) in [5.74, 6) is 0.793. The first-order valence-corrected chi connectivity index (χ1v) is 10.9. The summed E-state index contributed by atoms with van der Waals surface area (Å²) in [6.07, 6.45) is 3.34. The summed E-state index contributed by atoms with van der Waals surface area (Å²) in [6, 6.07) is 5.82. The Labute approximate surface area is 181 Å². The van der Waals surface area contributed by atoms with Crippen LogP contribution in [0.15, 0.2) is 24.4 Å². The predicted octanol–water partition coefficient (Wildman–Crippen LogP) is 2.23. The Morgan fingerprint density at radius 2 is 2.13 bits per heavy atom. The number of pyridine rings is 1. The Balaban J connectivity index is 1.50. The lowest BCUT2D eigenvalue weighted by Gasteiger charge is -2.29. The van der Waals surface area contributed by atoms with Gasteiger partial charge in [-0.05, 0) is 42.2 Å². The van der Waals surface area contributed by atoms with E-state index in [2.05, 4.69) is 17.2 Å². The fraction of sp³-hybridized carbons (Fsp3) is 0.478. The Morgan fingerprint density at radius 3 is 2.90 bits per heavy atom. The highest BCUT2D eigenvalue weighted by Crippen LogP contribution is 2.46. The first kappa shape index (κ1) is 19.8. The third-order valence-corrected chi connectivity index (χ3v) is 6.73. The lowest BCUT2D eigenvalue weighted by atomic mass is 9.87. The molecule has 1 aromatic heterocycles. The molecule has 3 heterocycles. The third kappa shape index (κ3) is 3.37. The molecule has 0 spiro atoms. The first-order valence-electron chi connectivity index (χ1n) is 10.5. The van der Waals surface area contributed by atoms with Crippen LogP contribution in [-0.2, 0) is 24.1 Å². The minimum Gasteiger partial charge on any atom is -0.479 e. The molecule has 0 saturated carbocycles. The molecule has 30 heavy (non-hydrogen) atoms. The molecule has 1 saturated heterocycles. The summed E-state index contributed by atoms with van der Waals surface area (Å²) < 4.78 is 6.26. The van der Waals surface area contributed by atoms with E-state index < -0.39 is 6.10 Å². The number of rotatable bonds is 3. The maximum Gasteiger partial charge on any atom is 0.264 e. The van der Waals surface area contributed by atoms with Crippen LogP contribution in [0, 0.1) is 5.41 Å². The molecule has 158 valence electrons. The second-order valence-electron chi connectivity index (χ2n) is 8.93. The molecule has 0 bridgehead atoms. The zero-order valence-electron chi connectivity index (χ0n) is 17.1. The molecule has 2 unspecified atom stereocenters. The molecular weight excluding hydrogens is 402 g/mol. The normalized spacial score (nSPS) is 25.0. The summed E-state index contributed by atoms with van der Waals surface area (Å²) in [5, 5.41) is 13.8. The minimum absolute atomic E-state index is 0.0441. The topological polar surface area (TPSA) is 74.7 Å². The number of aliphatic hydroxyl groups excluding tert-OH is 1. The van der Waals surface area contributed by atoms with Crippen LogP contribution >= 0.6 is 11.6 Å². The van der Waals surface area contributed by atoms with Crippen molar-refractivity contribution >= 4 is 17.5 Å². The maximum atomic E-state index is 13.0. The van der Waals surface area contributed by atoms with Gasteiger partial charge in [0.1, 0.15) is 5.75 Å². The maximum absolute atomic E-state index is 13.0. The fourth-order valence-electron chi connectivity index (χ4n) is 4.89. The van der Waals surface area contributed by atoms with Crippen LogP contribution in [0.5, 0.6) is 5.75 Å². The van der Waals surface area contributed by atoms with Crippen molar-refractivity contribution in [2.45, 2.75) is 32.3 Å². The van der Waals surface area contributed by atoms with E-state index >= 15 is 0 Å². The predicted molar refractivity (Wildman–Crippen MR) is 115 cm³/mol. The molecule has 6 nitrogen and oxygen atoms in total. The first-order chi connectivity index (χ1) is 14.5. The van der Waals surface area contributed by atoms with Crippen molar-refractivity contribution < 1.29 is 14.6 Å². The average Bonchev–Trinajstić information content (AvgIpc) is 3.34. The number of aliphatic hydroxyl groups is 1. The molecule has 0 radical (unpaired) electrons. The van der Waals surface area contributed by atoms with Crippen LogP contribution in [-0.4, -0.2) is 59.8 Å². The van der Waals surface area contributed by atoms with E-state index in [4.69, 9.17) is 16.3 Å². The molecule has 2 atom stereocenters. The summed E-state index contributed by atoms with van der Waals surface area (Å²) in [7, 11) is 0. The summed E-state index contributed by atoms with van der Waals surface area (Å²) in [6.45, 7) is 5.25. The molecule has 5 rings (SSSR count). The van der Waals surface area contributed by atoms with Crippen molar-refractivity contribution in [1.29, 1.82) is 0 Å². The molecule has 2 aromatic rings. The van der Waals surface area contributed by atoms with Crippen LogP contribution in [0.1, 0.15) is 23.7 Å². The molecule has 1 fully saturated rings. The highest BCUT2D eigenvalue weighted by atomic mass is 35.5. The Bertz CT molecular complexity index is 1010. The monoisotopic (exact) mass is 427 g/mol. The molecule has 3 aliphatic rings. The largest absolute Gasteiger partial charge is 0.479 e. The van der Waals surface area contributed by atoms with Gasteiger partial charge in [0.2, 0.25) is 0 Å². The second kappa shape index (κ2) is 7.52. The van der Waals surface area contributed by atoms with E-state index in [1.165, 1.54) is 0 Å². The van der Waals surface area contributed by atoms with Crippen LogP contribution < -0.4 is 10.1 Å². The van der Waals surface area contributed by atoms with Crippen LogP contribution in [0.2, 0.25) is 5.02 Å². The van der Waals surface area contributed by atoms with Gasteiger partial charge in [-0.1, -0.05) is 18.5 Å². The van der Waals surface area contributed by atoms with Crippen LogP contribution in [0.4, 0.5) is 0 Å². The lowest BCUT2D eigenvalue weighted by molar-refractivity contribution is -0.138. The number of benzene rings is 1. The van der Waals surface area contributed by atoms with Gasteiger partial charge in [0, 0.05) is 72.7 Å². The summed E-state index contributed by atoms with van der Waals surface area (Å²) >= 11 is 6.47. The molecule has 7 heteroatoms. The number of piperazine rings is 1. The van der Waals surface area contributed by atoms with Gasteiger partial charge in [0.05, 0.1) is 0 Å². The van der Waals surface area contributed by atoms with Gasteiger partial charge in [0.15, 0.2) is 6.10 Å². The van der Waals surface area contributed by atoms with E-state index in [0.717, 1.165) is 59.6 Å². The number of ether oxygens (including phenoxy) is 1. The quantitative estimate of drug-likeness (QED) is 0.785. The highest BCUT2D eigenvalue weighted by molar-refractivity contribution is 6.31. The molecule has 1 amide bonds. The number of carbonyl (C=O) groups is 1. The van der Waals surface area contributed by atoms with Gasteiger partial charge >= 0.3 is 0 Å².